The number of nitriles is 1. The number of aromatic nitrogens is 1. The van der Waals surface area contributed by atoms with Gasteiger partial charge in [0.15, 0.2) is 5.96 Å². The number of hydrogen-bond acceptors (Lipinski definition) is 6. The molecule has 0 saturated carbocycles. The molecule has 1 aliphatic rings. The lowest BCUT2D eigenvalue weighted by atomic mass is 10.1. The maximum Gasteiger partial charge on any atom is 0.220 e. The van der Waals surface area contributed by atoms with Gasteiger partial charge >= 0.3 is 0 Å². The van der Waals surface area contributed by atoms with Gasteiger partial charge in [-0.15, -0.1) is 24.0 Å². The molecule has 2 aromatic rings. The van der Waals surface area contributed by atoms with E-state index in [1.165, 1.54) is 10.6 Å². The summed E-state index contributed by atoms with van der Waals surface area (Å²) in [4.78, 5) is 6.73. The van der Waals surface area contributed by atoms with Gasteiger partial charge in [-0.05, 0) is 24.6 Å². The van der Waals surface area contributed by atoms with Gasteiger partial charge in [0.05, 0.1) is 23.9 Å². The fourth-order valence-electron chi connectivity index (χ4n) is 3.04. The number of sulfonamides is 1. The van der Waals surface area contributed by atoms with E-state index in [1.54, 1.807) is 18.2 Å². The third-order valence-corrected chi connectivity index (χ3v) is 6.39. The van der Waals surface area contributed by atoms with Crippen LogP contribution in [0.2, 0.25) is 0 Å². The van der Waals surface area contributed by atoms with E-state index in [-0.39, 0.29) is 29.7 Å². The number of hydrogen-bond donors (Lipinski definition) is 1. The number of benzene rings is 1. The highest BCUT2D eigenvalue weighted by Gasteiger charge is 2.28. The molecule has 1 fully saturated rings. The summed E-state index contributed by atoms with van der Waals surface area (Å²) in [6, 6.07) is 11.0. The zero-order chi connectivity index (χ0) is 20.7. The molecule has 2 heterocycles. The van der Waals surface area contributed by atoms with Crippen LogP contribution >= 0.6 is 24.0 Å². The summed E-state index contributed by atoms with van der Waals surface area (Å²) in [5.41, 5.74) is 2.03. The smallest absolute Gasteiger partial charge is 0.220 e. The van der Waals surface area contributed by atoms with Crippen molar-refractivity contribution in [3.8, 4) is 6.07 Å². The predicted molar refractivity (Wildman–Crippen MR) is 124 cm³/mol. The van der Waals surface area contributed by atoms with Crippen LogP contribution in [-0.4, -0.2) is 61.5 Å². The molecule has 1 saturated heterocycles. The highest BCUT2D eigenvalue weighted by atomic mass is 127. The molecule has 1 aromatic carbocycles. The molecule has 0 atom stereocenters. The molecular weight excluding hydrogens is 519 g/mol. The first-order valence-electron chi connectivity index (χ1n) is 9.41. The van der Waals surface area contributed by atoms with E-state index in [9.17, 15) is 8.42 Å². The van der Waals surface area contributed by atoms with Crippen LogP contribution < -0.4 is 5.32 Å². The van der Waals surface area contributed by atoms with Crippen molar-refractivity contribution in [2.75, 3.05) is 32.7 Å². The topological polar surface area (TPSA) is 115 Å². The summed E-state index contributed by atoms with van der Waals surface area (Å²) in [6.45, 7) is 5.09. The van der Waals surface area contributed by atoms with Gasteiger partial charge in [-0.2, -0.15) is 9.57 Å². The lowest BCUT2D eigenvalue weighted by molar-refractivity contribution is 0.259. The Bertz CT molecular complexity index is 963. The normalized spacial score (nSPS) is 15.3. The minimum absolute atomic E-state index is 0. The van der Waals surface area contributed by atoms with Crippen molar-refractivity contribution < 1.29 is 12.9 Å². The molecule has 9 nitrogen and oxygen atoms in total. The summed E-state index contributed by atoms with van der Waals surface area (Å²) in [6.07, 6.45) is 1.37. The molecular formula is C19H25IN6O3S. The summed E-state index contributed by atoms with van der Waals surface area (Å²) in [5, 5.41) is 15.8. The molecule has 0 unspecified atom stereocenters. The minimum atomic E-state index is -3.43. The molecule has 30 heavy (non-hydrogen) atoms. The Kier molecular flexibility index (Phi) is 9.07. The van der Waals surface area contributed by atoms with E-state index >= 15 is 0 Å². The number of rotatable bonds is 6. The second kappa shape index (κ2) is 11.3. The summed E-state index contributed by atoms with van der Waals surface area (Å²) in [5.74, 6) is 0.599. The van der Waals surface area contributed by atoms with Gasteiger partial charge in [-0.25, -0.2) is 13.4 Å². The summed E-state index contributed by atoms with van der Waals surface area (Å²) < 4.78 is 31.4. The van der Waals surface area contributed by atoms with Gasteiger partial charge in [-0.1, -0.05) is 17.3 Å². The lowest BCUT2D eigenvalue weighted by Crippen LogP contribution is -2.53. The first-order valence-corrected chi connectivity index (χ1v) is 11.0. The molecule has 1 aliphatic heterocycles. The van der Waals surface area contributed by atoms with Gasteiger partial charge in [0.25, 0.3) is 0 Å². The second-order valence-electron chi connectivity index (χ2n) is 6.61. The Morgan fingerprint density at radius 3 is 2.50 bits per heavy atom. The van der Waals surface area contributed by atoms with Gasteiger partial charge in [-0.3, -0.25) is 0 Å². The van der Waals surface area contributed by atoms with E-state index in [0.29, 0.717) is 44.0 Å². The van der Waals surface area contributed by atoms with E-state index in [4.69, 9.17) is 9.78 Å². The van der Waals surface area contributed by atoms with Crippen molar-refractivity contribution in [2.24, 2.45) is 4.99 Å². The van der Waals surface area contributed by atoms with Crippen LogP contribution in [0.15, 0.2) is 46.1 Å². The molecule has 0 bridgehead atoms. The molecule has 0 aliphatic carbocycles. The highest BCUT2D eigenvalue weighted by Crippen LogP contribution is 2.13. The number of guanidine groups is 1. The van der Waals surface area contributed by atoms with E-state index in [2.05, 4.69) is 26.4 Å². The van der Waals surface area contributed by atoms with Crippen LogP contribution in [0.25, 0.3) is 0 Å². The largest absolute Gasteiger partial charge is 0.364 e. The van der Waals surface area contributed by atoms with Crippen molar-refractivity contribution in [1.82, 2.24) is 19.7 Å². The zero-order valence-electron chi connectivity index (χ0n) is 16.7. The van der Waals surface area contributed by atoms with Gasteiger partial charge < -0.3 is 14.7 Å². The van der Waals surface area contributed by atoms with Crippen LogP contribution in [0.5, 0.6) is 0 Å². The van der Waals surface area contributed by atoms with E-state index in [1.807, 2.05) is 19.1 Å². The molecule has 0 amide bonds. The number of halogens is 1. The van der Waals surface area contributed by atoms with Gasteiger partial charge in [0.1, 0.15) is 12.0 Å². The molecule has 1 N–H and O–H groups in total. The molecule has 11 heteroatoms. The minimum Gasteiger partial charge on any atom is -0.364 e. The van der Waals surface area contributed by atoms with Crippen LogP contribution in [0.1, 0.15) is 23.7 Å². The van der Waals surface area contributed by atoms with Crippen molar-refractivity contribution >= 4 is 40.0 Å². The Balaban J connectivity index is 0.00000320. The van der Waals surface area contributed by atoms with E-state index < -0.39 is 10.0 Å². The molecule has 3 rings (SSSR count). The third kappa shape index (κ3) is 6.41. The van der Waals surface area contributed by atoms with Crippen LogP contribution in [0, 0.1) is 11.3 Å². The Morgan fingerprint density at radius 1 is 1.23 bits per heavy atom. The van der Waals surface area contributed by atoms with Crippen molar-refractivity contribution in [1.29, 1.82) is 5.26 Å². The van der Waals surface area contributed by atoms with Crippen molar-refractivity contribution in [2.45, 2.75) is 19.2 Å². The fraction of sp³-hybridized carbons (Fsp3) is 0.421. The number of nitrogens with zero attached hydrogens (tertiary/aromatic N) is 5. The molecule has 0 spiro atoms. The fourth-order valence-corrected chi connectivity index (χ4v) is 4.47. The van der Waals surface area contributed by atoms with Gasteiger partial charge in [0.2, 0.25) is 10.0 Å². The van der Waals surface area contributed by atoms with Crippen molar-refractivity contribution in [3.63, 3.8) is 0 Å². The highest BCUT2D eigenvalue weighted by molar-refractivity contribution is 14.0. The zero-order valence-corrected chi connectivity index (χ0v) is 19.8. The number of piperazine rings is 1. The van der Waals surface area contributed by atoms with Gasteiger partial charge in [0, 0.05) is 38.8 Å². The monoisotopic (exact) mass is 544 g/mol. The molecule has 0 radical (unpaired) electrons. The van der Waals surface area contributed by atoms with Crippen LogP contribution in [0.4, 0.5) is 0 Å². The maximum atomic E-state index is 12.6. The Labute approximate surface area is 193 Å². The third-order valence-electron chi connectivity index (χ3n) is 4.58. The van der Waals surface area contributed by atoms with Crippen LogP contribution in [-0.2, 0) is 22.3 Å². The summed E-state index contributed by atoms with van der Waals surface area (Å²) >= 11 is 0. The molecule has 1 aromatic heterocycles. The SMILES string of the molecule is CCNC(=NCc1ccc(C#N)cc1)N1CCN(S(=O)(=O)Cc2ccon2)CC1.I. The second-order valence-corrected chi connectivity index (χ2v) is 8.58. The first-order chi connectivity index (χ1) is 14.0. The standard InChI is InChI=1S/C19H24N6O3S.HI/c1-2-21-19(22-14-17-5-3-16(13-20)4-6-17)24-8-10-25(11-9-24)29(26,27)15-18-7-12-28-23-18;/h3-7,12H,2,8-11,14-15H2,1H3,(H,21,22);1H. The van der Waals surface area contributed by atoms with E-state index in [0.717, 1.165) is 18.1 Å². The number of aliphatic imine (C=N–C) groups is 1. The average molecular weight is 544 g/mol. The van der Waals surface area contributed by atoms with Crippen LogP contribution in [0.3, 0.4) is 0 Å². The maximum absolute atomic E-state index is 12.6. The first kappa shape index (κ1) is 24.1. The Morgan fingerprint density at radius 2 is 1.93 bits per heavy atom. The predicted octanol–water partition coefficient (Wildman–Crippen LogP) is 1.78. The molecule has 162 valence electrons. The Hall–Kier alpha value is -2.17. The summed E-state index contributed by atoms with van der Waals surface area (Å²) in [7, 11) is -3.43. The number of nitrogens with one attached hydrogen (secondary N) is 1. The quantitative estimate of drug-likeness (QED) is 0.335. The van der Waals surface area contributed by atoms with Crippen molar-refractivity contribution in [3.05, 3.63) is 53.4 Å². The lowest BCUT2D eigenvalue weighted by Gasteiger charge is -2.35. The average Bonchev–Trinajstić information content (AvgIpc) is 3.24.